The summed E-state index contributed by atoms with van der Waals surface area (Å²) in [5.41, 5.74) is 18.6. The van der Waals surface area contributed by atoms with Gasteiger partial charge in [0, 0.05) is 39.1 Å². The first kappa shape index (κ1) is 42.9. The van der Waals surface area contributed by atoms with Gasteiger partial charge in [-0.05, 0) is 149 Å². The molecule has 0 saturated heterocycles. The van der Waals surface area contributed by atoms with Gasteiger partial charge in [0.05, 0.1) is 16.4 Å². The van der Waals surface area contributed by atoms with E-state index in [1.54, 1.807) is 0 Å². The van der Waals surface area contributed by atoms with Crippen molar-refractivity contribution in [3.63, 3.8) is 0 Å². The van der Waals surface area contributed by atoms with Crippen molar-refractivity contribution >= 4 is 71.2 Å². The van der Waals surface area contributed by atoms with Crippen molar-refractivity contribution in [2.75, 3.05) is 4.90 Å². The molecule has 0 bridgehead atoms. The standard InChI is InChI=1S/C73H48N2/c1-3-16-49(17-4-1)52-32-38-60(39-33-52)74(61-40-34-54(35-41-61)64-28-15-23-53-20-11-12-26-63(53)64)62-42-45-70-67(48-62)65-43-44-69-71(72(65)75(70)59-24-5-2-6-25-59)66-27-13-14-29-68(66)73(69,57-36-30-50-18-7-9-21-55(50)46-57)58-37-31-51-19-8-10-22-56(51)47-58/h1-48H. The number of fused-ring (bicyclic) bond motifs is 10. The van der Waals surface area contributed by atoms with Gasteiger partial charge in [-0.25, -0.2) is 0 Å². The fraction of sp³-hybridized carbons (Fsp3) is 0.0137. The minimum Gasteiger partial charge on any atom is -0.310 e. The Balaban J connectivity index is 0.980. The molecule has 14 aromatic rings. The third-order valence-corrected chi connectivity index (χ3v) is 16.0. The van der Waals surface area contributed by atoms with Crippen LogP contribution in [-0.2, 0) is 5.41 Å². The fourth-order valence-corrected chi connectivity index (χ4v) is 12.6. The summed E-state index contributed by atoms with van der Waals surface area (Å²) < 4.78 is 2.53. The highest BCUT2D eigenvalue weighted by Gasteiger charge is 2.47. The second-order valence-electron chi connectivity index (χ2n) is 20.0. The third-order valence-electron chi connectivity index (χ3n) is 16.0. The van der Waals surface area contributed by atoms with Crippen LogP contribution in [0.15, 0.2) is 291 Å². The second-order valence-corrected chi connectivity index (χ2v) is 20.0. The molecule has 0 saturated carbocycles. The van der Waals surface area contributed by atoms with Gasteiger partial charge in [-0.15, -0.1) is 0 Å². The van der Waals surface area contributed by atoms with Crippen LogP contribution in [0.1, 0.15) is 22.3 Å². The number of hydrogen-bond acceptors (Lipinski definition) is 1. The van der Waals surface area contributed by atoms with Crippen molar-refractivity contribution in [1.82, 2.24) is 4.57 Å². The van der Waals surface area contributed by atoms with Gasteiger partial charge in [-0.2, -0.15) is 0 Å². The molecule has 1 aromatic heterocycles. The average molecular weight is 953 g/mol. The molecule has 2 heteroatoms. The molecular weight excluding hydrogens is 905 g/mol. The molecule has 0 N–H and O–H groups in total. The molecule has 0 radical (unpaired) electrons. The summed E-state index contributed by atoms with van der Waals surface area (Å²) >= 11 is 0. The highest BCUT2D eigenvalue weighted by molar-refractivity contribution is 6.17. The van der Waals surface area contributed by atoms with E-state index in [9.17, 15) is 0 Å². The fourth-order valence-electron chi connectivity index (χ4n) is 12.6. The maximum Gasteiger partial charge on any atom is 0.0714 e. The lowest BCUT2D eigenvalue weighted by Crippen LogP contribution is -2.28. The Morgan fingerprint density at radius 1 is 0.293 bits per heavy atom. The lowest BCUT2D eigenvalue weighted by atomic mass is 9.67. The van der Waals surface area contributed by atoms with Crippen LogP contribution in [0.25, 0.3) is 93.2 Å². The summed E-state index contributed by atoms with van der Waals surface area (Å²) in [4.78, 5) is 2.42. The molecule has 1 heterocycles. The van der Waals surface area contributed by atoms with Crippen molar-refractivity contribution < 1.29 is 0 Å². The largest absolute Gasteiger partial charge is 0.310 e. The molecule has 1 aliphatic carbocycles. The van der Waals surface area contributed by atoms with Crippen LogP contribution < -0.4 is 4.90 Å². The molecule has 0 atom stereocenters. The minimum atomic E-state index is -0.613. The summed E-state index contributed by atoms with van der Waals surface area (Å²) in [6, 6.07) is 108. The summed E-state index contributed by atoms with van der Waals surface area (Å²) in [6.45, 7) is 0. The predicted molar refractivity (Wildman–Crippen MR) is 316 cm³/mol. The zero-order chi connectivity index (χ0) is 49.5. The molecule has 0 fully saturated rings. The van der Waals surface area contributed by atoms with E-state index in [0.29, 0.717) is 0 Å². The Morgan fingerprint density at radius 2 is 0.827 bits per heavy atom. The Labute approximate surface area is 436 Å². The second kappa shape index (κ2) is 17.2. The third kappa shape index (κ3) is 6.73. The topological polar surface area (TPSA) is 8.17 Å². The first-order valence-corrected chi connectivity index (χ1v) is 26.0. The number of para-hydroxylation sites is 1. The van der Waals surface area contributed by atoms with E-state index in [2.05, 4.69) is 301 Å². The van der Waals surface area contributed by atoms with Crippen molar-refractivity contribution in [3.8, 4) is 39.1 Å². The monoisotopic (exact) mass is 952 g/mol. The van der Waals surface area contributed by atoms with Crippen LogP contribution in [0.5, 0.6) is 0 Å². The maximum absolute atomic E-state index is 2.53. The number of rotatable bonds is 8. The van der Waals surface area contributed by atoms with Gasteiger partial charge in [0.25, 0.3) is 0 Å². The Bertz CT molecular complexity index is 4430. The van der Waals surface area contributed by atoms with E-state index in [4.69, 9.17) is 0 Å². The normalized spacial score (nSPS) is 12.6. The van der Waals surface area contributed by atoms with Gasteiger partial charge in [-0.1, -0.05) is 224 Å². The van der Waals surface area contributed by atoms with Gasteiger partial charge in [0.1, 0.15) is 0 Å². The smallest absolute Gasteiger partial charge is 0.0714 e. The molecule has 2 nitrogen and oxygen atoms in total. The highest BCUT2D eigenvalue weighted by Crippen LogP contribution is 2.59. The van der Waals surface area contributed by atoms with E-state index in [1.165, 1.54) is 104 Å². The Morgan fingerprint density at radius 3 is 1.52 bits per heavy atom. The van der Waals surface area contributed by atoms with Crippen molar-refractivity contribution in [2.45, 2.75) is 5.41 Å². The molecule has 0 amide bonds. The molecule has 0 spiro atoms. The lowest BCUT2D eigenvalue weighted by molar-refractivity contribution is 0.772. The minimum absolute atomic E-state index is 0.613. The van der Waals surface area contributed by atoms with Gasteiger partial charge in [-0.3, -0.25) is 0 Å². The first-order valence-electron chi connectivity index (χ1n) is 26.0. The summed E-state index contributed by atoms with van der Waals surface area (Å²) in [6.07, 6.45) is 0. The van der Waals surface area contributed by atoms with Crippen molar-refractivity contribution in [1.29, 1.82) is 0 Å². The molecule has 350 valence electrons. The van der Waals surface area contributed by atoms with E-state index >= 15 is 0 Å². The van der Waals surface area contributed by atoms with E-state index in [1.807, 2.05) is 0 Å². The molecule has 1 aliphatic rings. The summed E-state index contributed by atoms with van der Waals surface area (Å²) in [5, 5.41) is 9.83. The van der Waals surface area contributed by atoms with Gasteiger partial charge in [0.2, 0.25) is 0 Å². The lowest BCUT2D eigenvalue weighted by Gasteiger charge is -2.34. The summed E-state index contributed by atoms with van der Waals surface area (Å²) in [5.74, 6) is 0. The Kier molecular flexibility index (Phi) is 9.83. The van der Waals surface area contributed by atoms with E-state index in [-0.39, 0.29) is 0 Å². The number of aromatic nitrogens is 1. The number of benzene rings is 13. The zero-order valence-corrected chi connectivity index (χ0v) is 41.1. The molecule has 0 unspecified atom stereocenters. The van der Waals surface area contributed by atoms with E-state index < -0.39 is 5.41 Å². The number of nitrogens with zero attached hydrogens (tertiary/aromatic N) is 2. The quantitative estimate of drug-likeness (QED) is 0.147. The van der Waals surface area contributed by atoms with Crippen molar-refractivity contribution in [2.24, 2.45) is 0 Å². The highest BCUT2D eigenvalue weighted by atomic mass is 15.1. The number of anilines is 3. The van der Waals surface area contributed by atoms with Crippen LogP contribution in [0.2, 0.25) is 0 Å². The van der Waals surface area contributed by atoms with Gasteiger partial charge < -0.3 is 9.47 Å². The van der Waals surface area contributed by atoms with Crippen LogP contribution in [-0.4, -0.2) is 4.57 Å². The van der Waals surface area contributed by atoms with Gasteiger partial charge >= 0.3 is 0 Å². The first-order chi connectivity index (χ1) is 37.2. The molecule has 15 rings (SSSR count). The molecular formula is C73H48N2. The maximum atomic E-state index is 2.53. The summed E-state index contributed by atoms with van der Waals surface area (Å²) in [7, 11) is 0. The molecule has 0 aliphatic heterocycles. The SMILES string of the molecule is c1ccc(-c2ccc(N(c3ccc(-c4cccc5ccccc45)cc3)c3ccc4c(c3)c3ccc5c(c3n4-c3ccccc3)-c3ccccc3C5(c3ccc4ccccc4c3)c3ccc4ccccc4c3)cc2)cc1. The van der Waals surface area contributed by atoms with Crippen LogP contribution in [0.4, 0.5) is 17.1 Å². The van der Waals surface area contributed by atoms with Crippen molar-refractivity contribution in [3.05, 3.63) is 313 Å². The van der Waals surface area contributed by atoms with Crippen LogP contribution >= 0.6 is 0 Å². The van der Waals surface area contributed by atoms with E-state index in [0.717, 1.165) is 28.3 Å². The predicted octanol–water partition coefficient (Wildman–Crippen LogP) is 19.4. The van der Waals surface area contributed by atoms with Gasteiger partial charge in [0.15, 0.2) is 0 Å². The molecule has 13 aromatic carbocycles. The Hall–Kier alpha value is -9.76. The molecule has 75 heavy (non-hydrogen) atoms. The van der Waals surface area contributed by atoms with Crippen LogP contribution in [0, 0.1) is 0 Å². The van der Waals surface area contributed by atoms with Crippen LogP contribution in [0.3, 0.4) is 0 Å². The average Bonchev–Trinajstić information content (AvgIpc) is 4.00. The zero-order valence-electron chi connectivity index (χ0n) is 41.1. The number of hydrogen-bond donors (Lipinski definition) is 0.